The molecule has 0 aliphatic heterocycles. The van der Waals surface area contributed by atoms with Crippen molar-refractivity contribution in [3.8, 4) is 0 Å². The summed E-state index contributed by atoms with van der Waals surface area (Å²) >= 11 is 2.29. The molecule has 0 atom stereocenters. The van der Waals surface area contributed by atoms with Gasteiger partial charge >= 0.3 is 0 Å². The topological polar surface area (TPSA) is 12.9 Å². The number of aromatic nitrogens is 1. The van der Waals surface area contributed by atoms with Crippen LogP contribution in [-0.4, -0.2) is 9.41 Å². The van der Waals surface area contributed by atoms with E-state index in [-0.39, 0.29) is 0 Å². The number of nitrogens with zero attached hydrogens (tertiary/aromatic N) is 1. The standard InChI is InChI=1S/C10H9N.C2H5I/c1-8-6-7-9-4-2-3-5-10(9)11-8;1-2-3/h2-7H,1H3;2H2,1H3. The molecule has 1 nitrogen and oxygen atoms in total. The van der Waals surface area contributed by atoms with Crippen molar-refractivity contribution in [3.63, 3.8) is 0 Å². The molecule has 0 saturated heterocycles. The minimum atomic E-state index is 1.07. The number of hydrogen-bond acceptors (Lipinski definition) is 1. The SMILES string of the molecule is CCI.Cc1ccc2ccccc2n1. The summed E-state index contributed by atoms with van der Waals surface area (Å²) in [6.07, 6.45) is 0. The van der Waals surface area contributed by atoms with Gasteiger partial charge in [-0.15, -0.1) is 0 Å². The summed E-state index contributed by atoms with van der Waals surface area (Å²) in [5, 5.41) is 1.21. The van der Waals surface area contributed by atoms with Crippen LogP contribution in [0.1, 0.15) is 12.6 Å². The lowest BCUT2D eigenvalue weighted by Gasteiger charge is -1.95. The third-order valence-corrected chi connectivity index (χ3v) is 1.74. The Labute approximate surface area is 98.7 Å². The van der Waals surface area contributed by atoms with Crippen LogP contribution in [0.2, 0.25) is 0 Å². The highest BCUT2D eigenvalue weighted by Gasteiger charge is 1.90. The van der Waals surface area contributed by atoms with Crippen molar-refractivity contribution >= 4 is 33.5 Å². The van der Waals surface area contributed by atoms with Crippen molar-refractivity contribution < 1.29 is 0 Å². The van der Waals surface area contributed by atoms with E-state index in [1.165, 1.54) is 9.81 Å². The van der Waals surface area contributed by atoms with Gasteiger partial charge in [-0.3, -0.25) is 4.98 Å². The molecule has 0 aliphatic carbocycles. The van der Waals surface area contributed by atoms with Crippen LogP contribution >= 0.6 is 22.6 Å². The van der Waals surface area contributed by atoms with Gasteiger partial charge in [-0.1, -0.05) is 53.8 Å². The van der Waals surface area contributed by atoms with E-state index in [0.29, 0.717) is 0 Å². The molecule has 0 saturated carbocycles. The van der Waals surface area contributed by atoms with Crippen LogP contribution in [0.25, 0.3) is 10.9 Å². The van der Waals surface area contributed by atoms with Gasteiger partial charge in [0.1, 0.15) is 0 Å². The maximum Gasteiger partial charge on any atom is 0.0705 e. The summed E-state index contributed by atoms with van der Waals surface area (Å²) in [4.78, 5) is 4.38. The summed E-state index contributed by atoms with van der Waals surface area (Å²) in [5.74, 6) is 0. The van der Waals surface area contributed by atoms with Gasteiger partial charge in [0.2, 0.25) is 0 Å². The Morgan fingerprint density at radius 3 is 2.50 bits per heavy atom. The van der Waals surface area contributed by atoms with E-state index in [1.807, 2.05) is 31.2 Å². The lowest BCUT2D eigenvalue weighted by molar-refractivity contribution is 1.26. The van der Waals surface area contributed by atoms with Crippen molar-refractivity contribution in [2.24, 2.45) is 0 Å². The molecule has 0 radical (unpaired) electrons. The number of para-hydroxylation sites is 1. The van der Waals surface area contributed by atoms with Crippen molar-refractivity contribution in [2.45, 2.75) is 13.8 Å². The van der Waals surface area contributed by atoms with E-state index in [0.717, 1.165) is 11.2 Å². The van der Waals surface area contributed by atoms with Crippen LogP contribution in [0.3, 0.4) is 0 Å². The molecule has 2 heteroatoms. The normalized spacial score (nSPS) is 9.36. The third kappa shape index (κ3) is 3.25. The first-order chi connectivity index (χ1) is 6.77. The van der Waals surface area contributed by atoms with Gasteiger partial charge in [0, 0.05) is 11.1 Å². The van der Waals surface area contributed by atoms with E-state index in [9.17, 15) is 0 Å². The smallest absolute Gasteiger partial charge is 0.0705 e. The van der Waals surface area contributed by atoms with Crippen LogP contribution in [0, 0.1) is 6.92 Å². The number of alkyl halides is 1. The van der Waals surface area contributed by atoms with Crippen LogP contribution in [0.15, 0.2) is 36.4 Å². The molecule has 0 spiro atoms. The van der Waals surface area contributed by atoms with Gasteiger partial charge in [0.15, 0.2) is 0 Å². The molecule has 0 amide bonds. The number of rotatable bonds is 0. The average molecular weight is 299 g/mol. The fraction of sp³-hybridized carbons (Fsp3) is 0.250. The maximum atomic E-state index is 4.38. The van der Waals surface area contributed by atoms with E-state index in [4.69, 9.17) is 0 Å². The second-order valence-electron chi connectivity index (χ2n) is 2.91. The molecule has 14 heavy (non-hydrogen) atoms. The molecule has 0 unspecified atom stereocenters. The molecular formula is C12H14IN. The highest BCUT2D eigenvalue weighted by molar-refractivity contribution is 14.1. The summed E-state index contributed by atoms with van der Waals surface area (Å²) < 4.78 is 1.22. The van der Waals surface area contributed by atoms with Gasteiger partial charge in [0.05, 0.1) is 5.52 Å². The number of halogens is 1. The quantitative estimate of drug-likeness (QED) is 0.529. The van der Waals surface area contributed by atoms with Crippen molar-refractivity contribution in [1.29, 1.82) is 0 Å². The molecule has 0 bridgehead atoms. The Balaban J connectivity index is 0.000000293. The Hall–Kier alpha value is -0.640. The molecule has 1 aromatic heterocycles. The average Bonchev–Trinajstić information content (AvgIpc) is 2.19. The molecule has 2 aromatic rings. The number of aryl methyl sites for hydroxylation is 1. The Bertz CT molecular complexity index is 398. The molecule has 74 valence electrons. The van der Waals surface area contributed by atoms with Crippen molar-refractivity contribution in [3.05, 3.63) is 42.1 Å². The van der Waals surface area contributed by atoms with Crippen LogP contribution in [0.4, 0.5) is 0 Å². The van der Waals surface area contributed by atoms with Crippen molar-refractivity contribution in [1.82, 2.24) is 4.98 Å². The minimum Gasteiger partial charge on any atom is -0.253 e. The predicted octanol–water partition coefficient (Wildman–Crippen LogP) is 3.98. The summed E-state index contributed by atoms with van der Waals surface area (Å²) in [7, 11) is 0. The molecule has 0 fully saturated rings. The highest BCUT2D eigenvalue weighted by atomic mass is 127. The van der Waals surface area contributed by atoms with Gasteiger partial charge in [-0.2, -0.15) is 0 Å². The molecule has 1 aromatic carbocycles. The zero-order valence-electron chi connectivity index (χ0n) is 8.50. The second-order valence-corrected chi connectivity index (χ2v) is 4.44. The number of fused-ring (bicyclic) bond motifs is 1. The number of hydrogen-bond donors (Lipinski definition) is 0. The largest absolute Gasteiger partial charge is 0.253 e. The first kappa shape index (κ1) is 11.4. The molecular weight excluding hydrogens is 285 g/mol. The fourth-order valence-electron chi connectivity index (χ4n) is 1.17. The zero-order chi connectivity index (χ0) is 10.4. The fourth-order valence-corrected chi connectivity index (χ4v) is 1.17. The maximum absolute atomic E-state index is 4.38. The van der Waals surface area contributed by atoms with E-state index >= 15 is 0 Å². The lowest BCUT2D eigenvalue weighted by atomic mass is 10.2. The minimum absolute atomic E-state index is 1.07. The number of benzene rings is 1. The predicted molar refractivity (Wildman–Crippen MR) is 71.0 cm³/mol. The molecule has 0 N–H and O–H groups in total. The monoisotopic (exact) mass is 299 g/mol. The van der Waals surface area contributed by atoms with E-state index in [1.54, 1.807) is 0 Å². The van der Waals surface area contributed by atoms with Crippen LogP contribution in [-0.2, 0) is 0 Å². The lowest BCUT2D eigenvalue weighted by Crippen LogP contribution is -1.80. The highest BCUT2D eigenvalue weighted by Crippen LogP contribution is 2.10. The van der Waals surface area contributed by atoms with Gasteiger partial charge in [-0.05, 0) is 23.5 Å². The summed E-state index contributed by atoms with van der Waals surface area (Å²) in [6, 6.07) is 12.3. The van der Waals surface area contributed by atoms with Gasteiger partial charge in [0.25, 0.3) is 0 Å². The molecule has 1 heterocycles. The number of pyridine rings is 1. The Morgan fingerprint density at radius 2 is 1.79 bits per heavy atom. The van der Waals surface area contributed by atoms with Gasteiger partial charge in [-0.25, -0.2) is 0 Å². The second kappa shape index (κ2) is 5.96. The van der Waals surface area contributed by atoms with Crippen molar-refractivity contribution in [2.75, 3.05) is 4.43 Å². The molecule has 2 rings (SSSR count). The van der Waals surface area contributed by atoms with E-state index < -0.39 is 0 Å². The first-order valence-electron chi connectivity index (χ1n) is 4.66. The van der Waals surface area contributed by atoms with Crippen LogP contribution < -0.4 is 0 Å². The third-order valence-electron chi connectivity index (χ3n) is 1.74. The summed E-state index contributed by atoms with van der Waals surface area (Å²) in [6.45, 7) is 4.12. The summed E-state index contributed by atoms with van der Waals surface area (Å²) in [5.41, 5.74) is 2.15. The Kier molecular flexibility index (Phi) is 4.87. The molecule has 0 aliphatic rings. The Morgan fingerprint density at radius 1 is 1.14 bits per heavy atom. The van der Waals surface area contributed by atoms with E-state index in [2.05, 4.69) is 46.6 Å². The zero-order valence-corrected chi connectivity index (χ0v) is 10.7. The van der Waals surface area contributed by atoms with Gasteiger partial charge < -0.3 is 0 Å². The van der Waals surface area contributed by atoms with Crippen LogP contribution in [0.5, 0.6) is 0 Å². The first-order valence-corrected chi connectivity index (χ1v) is 6.19.